The molecule has 0 aliphatic rings. The summed E-state index contributed by atoms with van der Waals surface area (Å²) in [6.45, 7) is 6.48. The molecule has 0 aliphatic carbocycles. The molecule has 2 heterocycles. The number of ether oxygens (including phenoxy) is 2. The molecule has 7 nitrogen and oxygen atoms in total. The second-order valence-electron chi connectivity index (χ2n) is 7.64. The third-order valence-electron chi connectivity index (χ3n) is 5.21. The highest BCUT2D eigenvalue weighted by atomic mass is 32.1. The van der Waals surface area contributed by atoms with Crippen LogP contribution in [0.15, 0.2) is 29.1 Å². The Morgan fingerprint density at radius 1 is 1.09 bits per heavy atom. The molecule has 32 heavy (non-hydrogen) atoms. The van der Waals surface area contributed by atoms with Crippen molar-refractivity contribution in [3.05, 3.63) is 56.4 Å². The zero-order valence-corrected chi connectivity index (χ0v) is 19.5. The molecule has 0 saturated carbocycles. The molecule has 0 aliphatic heterocycles. The molecule has 0 spiro atoms. The molecule has 1 N–H and O–H groups in total. The molecular formula is C24H28N2O5S. The number of esters is 1. The SMILES string of the molecule is CCCCCOc1ccc(C(=O)CCC(=O)OCc2nc3sc(C)c(C)c3c(=O)[nH]2)cc1. The first-order valence-electron chi connectivity index (χ1n) is 10.8. The summed E-state index contributed by atoms with van der Waals surface area (Å²) in [6.07, 6.45) is 3.26. The third kappa shape index (κ3) is 6.03. The maximum Gasteiger partial charge on any atom is 0.306 e. The van der Waals surface area contributed by atoms with Crippen molar-refractivity contribution in [1.29, 1.82) is 0 Å². The number of aromatic nitrogens is 2. The molecule has 0 radical (unpaired) electrons. The number of carbonyl (C=O) groups is 2. The van der Waals surface area contributed by atoms with Gasteiger partial charge in [0, 0.05) is 16.9 Å². The number of hydrogen-bond acceptors (Lipinski definition) is 7. The Morgan fingerprint density at radius 3 is 2.56 bits per heavy atom. The van der Waals surface area contributed by atoms with Gasteiger partial charge in [0.2, 0.25) is 0 Å². The maximum absolute atomic E-state index is 12.4. The molecule has 0 fully saturated rings. The van der Waals surface area contributed by atoms with Gasteiger partial charge < -0.3 is 14.5 Å². The van der Waals surface area contributed by atoms with Gasteiger partial charge in [-0.05, 0) is 50.1 Å². The van der Waals surface area contributed by atoms with Crippen molar-refractivity contribution in [2.45, 2.75) is 59.5 Å². The van der Waals surface area contributed by atoms with E-state index in [2.05, 4.69) is 16.9 Å². The van der Waals surface area contributed by atoms with Gasteiger partial charge in [-0.15, -0.1) is 11.3 Å². The molecule has 0 atom stereocenters. The number of carbonyl (C=O) groups excluding carboxylic acids is 2. The molecule has 0 saturated heterocycles. The lowest BCUT2D eigenvalue weighted by Crippen LogP contribution is -2.14. The molecule has 0 amide bonds. The summed E-state index contributed by atoms with van der Waals surface area (Å²) < 4.78 is 10.8. The lowest BCUT2D eigenvalue weighted by molar-refractivity contribution is -0.145. The number of H-pyrrole nitrogens is 1. The fourth-order valence-electron chi connectivity index (χ4n) is 3.23. The van der Waals surface area contributed by atoms with E-state index in [9.17, 15) is 14.4 Å². The van der Waals surface area contributed by atoms with E-state index in [-0.39, 0.29) is 36.6 Å². The number of rotatable bonds is 11. The summed E-state index contributed by atoms with van der Waals surface area (Å²) in [5, 5.41) is 0.575. The number of aromatic amines is 1. The number of ketones is 1. The lowest BCUT2D eigenvalue weighted by atomic mass is 10.1. The smallest absolute Gasteiger partial charge is 0.306 e. The summed E-state index contributed by atoms with van der Waals surface area (Å²) in [5.41, 5.74) is 1.20. The monoisotopic (exact) mass is 456 g/mol. The van der Waals surface area contributed by atoms with Crippen LogP contribution >= 0.6 is 11.3 Å². The normalized spacial score (nSPS) is 11.0. The van der Waals surface area contributed by atoms with Crippen molar-refractivity contribution in [2.24, 2.45) is 0 Å². The van der Waals surface area contributed by atoms with E-state index in [1.807, 2.05) is 13.8 Å². The predicted molar refractivity (Wildman–Crippen MR) is 125 cm³/mol. The van der Waals surface area contributed by atoms with Gasteiger partial charge in [0.15, 0.2) is 5.78 Å². The molecule has 2 aromatic heterocycles. The van der Waals surface area contributed by atoms with Gasteiger partial charge in [0.05, 0.1) is 18.4 Å². The summed E-state index contributed by atoms with van der Waals surface area (Å²) in [7, 11) is 0. The fourth-order valence-corrected chi connectivity index (χ4v) is 4.28. The minimum atomic E-state index is -0.518. The van der Waals surface area contributed by atoms with E-state index in [1.165, 1.54) is 11.3 Å². The average Bonchev–Trinajstić information content (AvgIpc) is 3.07. The van der Waals surface area contributed by atoms with Gasteiger partial charge in [0.25, 0.3) is 5.56 Å². The molecule has 170 valence electrons. The predicted octanol–water partition coefficient (Wildman–Crippen LogP) is 4.88. The Morgan fingerprint density at radius 2 is 1.84 bits per heavy atom. The first kappa shape index (κ1) is 23.7. The van der Waals surface area contributed by atoms with Crippen LogP contribution in [0, 0.1) is 13.8 Å². The number of fused-ring (bicyclic) bond motifs is 1. The largest absolute Gasteiger partial charge is 0.494 e. The minimum Gasteiger partial charge on any atom is -0.494 e. The highest BCUT2D eigenvalue weighted by Gasteiger charge is 2.14. The van der Waals surface area contributed by atoms with Gasteiger partial charge >= 0.3 is 5.97 Å². The van der Waals surface area contributed by atoms with Crippen LogP contribution < -0.4 is 10.3 Å². The van der Waals surface area contributed by atoms with E-state index in [4.69, 9.17) is 9.47 Å². The Kier molecular flexibility index (Phi) is 8.16. The first-order chi connectivity index (χ1) is 15.4. The van der Waals surface area contributed by atoms with Crippen LogP contribution in [0.1, 0.15) is 65.7 Å². The van der Waals surface area contributed by atoms with Gasteiger partial charge in [-0.1, -0.05) is 19.8 Å². The summed E-state index contributed by atoms with van der Waals surface area (Å²) in [4.78, 5) is 45.4. The van der Waals surface area contributed by atoms with E-state index in [0.717, 1.165) is 35.5 Å². The van der Waals surface area contributed by atoms with Crippen LogP contribution in [0.2, 0.25) is 0 Å². The minimum absolute atomic E-state index is 0.0435. The molecule has 0 bridgehead atoms. The number of hydrogen-bond donors (Lipinski definition) is 1. The number of nitrogens with one attached hydrogen (secondary N) is 1. The van der Waals surface area contributed by atoms with E-state index >= 15 is 0 Å². The van der Waals surface area contributed by atoms with Crippen LogP contribution in [0.5, 0.6) is 5.75 Å². The van der Waals surface area contributed by atoms with E-state index in [1.54, 1.807) is 24.3 Å². The van der Waals surface area contributed by atoms with Crippen LogP contribution in [0.25, 0.3) is 10.2 Å². The Labute approximate surface area is 190 Å². The Balaban J connectivity index is 1.47. The van der Waals surface area contributed by atoms with Crippen molar-refractivity contribution >= 4 is 33.3 Å². The molecule has 3 aromatic rings. The van der Waals surface area contributed by atoms with E-state index < -0.39 is 5.97 Å². The number of Topliss-reactive ketones (excluding diaryl/α,β-unsaturated/α-hetero) is 1. The van der Waals surface area contributed by atoms with Crippen molar-refractivity contribution in [3.63, 3.8) is 0 Å². The first-order valence-corrected chi connectivity index (χ1v) is 11.6. The Hall–Kier alpha value is -3.00. The third-order valence-corrected chi connectivity index (χ3v) is 6.31. The van der Waals surface area contributed by atoms with Crippen molar-refractivity contribution in [2.75, 3.05) is 6.61 Å². The van der Waals surface area contributed by atoms with Crippen molar-refractivity contribution in [1.82, 2.24) is 9.97 Å². The standard InChI is InChI=1S/C24H28N2O5S/c1-4-5-6-13-30-18-9-7-17(8-10-18)19(27)11-12-21(28)31-14-20-25-23(29)22-15(2)16(3)32-24(22)26-20/h7-10H,4-6,11-14H2,1-3H3,(H,25,26,29). The van der Waals surface area contributed by atoms with Crippen LogP contribution in [-0.4, -0.2) is 28.3 Å². The highest BCUT2D eigenvalue weighted by Crippen LogP contribution is 2.25. The maximum atomic E-state index is 12.4. The van der Waals surface area contributed by atoms with Crippen LogP contribution in [0.4, 0.5) is 0 Å². The van der Waals surface area contributed by atoms with Crippen molar-refractivity contribution in [3.8, 4) is 5.75 Å². The average molecular weight is 457 g/mol. The van der Waals surface area contributed by atoms with Crippen LogP contribution in [-0.2, 0) is 16.1 Å². The van der Waals surface area contributed by atoms with Crippen LogP contribution in [0.3, 0.4) is 0 Å². The number of unbranched alkanes of at least 4 members (excludes halogenated alkanes) is 2. The zero-order chi connectivity index (χ0) is 23.1. The molecule has 8 heteroatoms. The second-order valence-corrected chi connectivity index (χ2v) is 8.84. The molecule has 3 rings (SSSR count). The van der Waals surface area contributed by atoms with Gasteiger partial charge in [0.1, 0.15) is 23.0 Å². The lowest BCUT2D eigenvalue weighted by Gasteiger charge is -2.07. The van der Waals surface area contributed by atoms with Gasteiger partial charge in [-0.3, -0.25) is 14.4 Å². The Bertz CT molecular complexity index is 1150. The zero-order valence-electron chi connectivity index (χ0n) is 18.7. The van der Waals surface area contributed by atoms with E-state index in [0.29, 0.717) is 22.4 Å². The van der Waals surface area contributed by atoms with Gasteiger partial charge in [-0.2, -0.15) is 0 Å². The number of thiophene rings is 1. The van der Waals surface area contributed by atoms with Crippen molar-refractivity contribution < 1.29 is 19.1 Å². The number of aryl methyl sites for hydroxylation is 2. The molecule has 0 unspecified atom stereocenters. The summed E-state index contributed by atoms with van der Waals surface area (Å²) in [6, 6.07) is 6.95. The fraction of sp³-hybridized carbons (Fsp3) is 0.417. The summed E-state index contributed by atoms with van der Waals surface area (Å²) in [5.74, 6) is 0.358. The second kappa shape index (κ2) is 11.0. The summed E-state index contributed by atoms with van der Waals surface area (Å²) >= 11 is 1.44. The quantitative estimate of drug-likeness (QED) is 0.251. The number of benzene rings is 1. The topological polar surface area (TPSA) is 98.3 Å². The highest BCUT2D eigenvalue weighted by molar-refractivity contribution is 7.18. The number of nitrogens with zero attached hydrogens (tertiary/aromatic N) is 1. The molecule has 1 aromatic carbocycles. The van der Waals surface area contributed by atoms with Gasteiger partial charge in [-0.25, -0.2) is 4.98 Å². The molecular weight excluding hydrogens is 428 g/mol.